The molecule has 0 unspecified atom stereocenters. The van der Waals surface area contributed by atoms with Crippen LogP contribution in [0, 0.1) is 0 Å². The molecule has 2 aromatic rings. The summed E-state index contributed by atoms with van der Waals surface area (Å²) >= 11 is 5.67. The zero-order valence-electron chi connectivity index (χ0n) is 9.93. The number of fused-ring (bicyclic) bond motifs is 1. The van der Waals surface area contributed by atoms with Gasteiger partial charge in [-0.15, -0.1) is 0 Å². The van der Waals surface area contributed by atoms with E-state index in [1.165, 1.54) is 6.20 Å². The minimum absolute atomic E-state index is 0.112. The summed E-state index contributed by atoms with van der Waals surface area (Å²) in [6, 6.07) is 9.19. The number of nitrogens with one attached hydrogen (secondary N) is 2. The summed E-state index contributed by atoms with van der Waals surface area (Å²) in [7, 11) is 0. The lowest BCUT2D eigenvalue weighted by molar-refractivity contribution is -0.116. The molecule has 1 aliphatic rings. The maximum atomic E-state index is 12.1. The van der Waals surface area contributed by atoms with Gasteiger partial charge in [0.1, 0.15) is 11.9 Å². The first kappa shape index (κ1) is 11.9. The molecule has 6 heteroatoms. The van der Waals surface area contributed by atoms with Crippen LogP contribution in [0.1, 0.15) is 5.56 Å². The second-order valence-corrected chi connectivity index (χ2v) is 4.60. The van der Waals surface area contributed by atoms with E-state index in [9.17, 15) is 4.79 Å². The maximum Gasteiger partial charge on any atom is 0.248 e. The third-order valence-electron chi connectivity index (χ3n) is 2.97. The number of hydrogen-bond acceptors (Lipinski definition) is 4. The van der Waals surface area contributed by atoms with E-state index in [2.05, 4.69) is 20.6 Å². The first-order chi connectivity index (χ1) is 9.22. The fourth-order valence-electron chi connectivity index (χ4n) is 2.07. The Morgan fingerprint density at radius 2 is 2.21 bits per heavy atom. The van der Waals surface area contributed by atoms with Crippen molar-refractivity contribution in [2.75, 3.05) is 10.6 Å². The highest BCUT2D eigenvalue weighted by Gasteiger charge is 2.26. The molecule has 2 N–H and O–H groups in total. The maximum absolute atomic E-state index is 12.1. The first-order valence-electron chi connectivity index (χ1n) is 5.86. The lowest BCUT2D eigenvalue weighted by atomic mass is 10.1. The highest BCUT2D eigenvalue weighted by molar-refractivity contribution is 6.28. The van der Waals surface area contributed by atoms with Crippen molar-refractivity contribution in [1.29, 1.82) is 0 Å². The highest BCUT2D eigenvalue weighted by atomic mass is 35.5. The summed E-state index contributed by atoms with van der Waals surface area (Å²) in [6.45, 7) is 0. The third kappa shape index (κ3) is 2.51. The molecule has 19 heavy (non-hydrogen) atoms. The van der Waals surface area contributed by atoms with Gasteiger partial charge in [0.2, 0.25) is 11.2 Å². The lowest BCUT2D eigenvalue weighted by Gasteiger charge is -2.11. The molecule has 2 heterocycles. The van der Waals surface area contributed by atoms with E-state index in [0.717, 1.165) is 11.3 Å². The zero-order chi connectivity index (χ0) is 13.2. The van der Waals surface area contributed by atoms with Gasteiger partial charge in [0.05, 0.1) is 0 Å². The van der Waals surface area contributed by atoms with E-state index in [4.69, 9.17) is 11.6 Å². The molecule has 0 bridgehead atoms. The Morgan fingerprint density at radius 1 is 1.37 bits per heavy atom. The summed E-state index contributed by atoms with van der Waals surface area (Å²) in [5.74, 6) is 0.272. The van der Waals surface area contributed by atoms with Gasteiger partial charge in [-0.25, -0.2) is 9.97 Å². The van der Waals surface area contributed by atoms with Gasteiger partial charge < -0.3 is 10.6 Å². The van der Waals surface area contributed by atoms with E-state index in [0.29, 0.717) is 12.2 Å². The Labute approximate surface area is 115 Å². The second-order valence-electron chi connectivity index (χ2n) is 4.26. The molecule has 0 saturated carbocycles. The molecule has 0 spiro atoms. The zero-order valence-corrected chi connectivity index (χ0v) is 10.7. The van der Waals surface area contributed by atoms with Gasteiger partial charge >= 0.3 is 0 Å². The number of carbonyl (C=O) groups is 1. The van der Waals surface area contributed by atoms with Crippen LogP contribution in [0.25, 0.3) is 0 Å². The summed E-state index contributed by atoms with van der Waals surface area (Å²) in [6.07, 6.45) is 2.17. The summed E-state index contributed by atoms with van der Waals surface area (Å²) in [5, 5.41) is 6.01. The average Bonchev–Trinajstić information content (AvgIpc) is 2.82. The number of aromatic nitrogens is 2. The number of para-hydroxylation sites is 1. The Bertz CT molecular complexity index is 607. The molecular weight excluding hydrogens is 264 g/mol. The molecule has 1 aromatic heterocycles. The minimum Gasteiger partial charge on any atom is -0.373 e. The number of amides is 1. The van der Waals surface area contributed by atoms with E-state index >= 15 is 0 Å². The van der Waals surface area contributed by atoms with Gasteiger partial charge in [-0.2, -0.15) is 0 Å². The van der Waals surface area contributed by atoms with Gasteiger partial charge in [-0.1, -0.05) is 18.2 Å². The van der Waals surface area contributed by atoms with E-state index in [1.807, 2.05) is 24.3 Å². The van der Waals surface area contributed by atoms with E-state index in [-0.39, 0.29) is 17.2 Å². The van der Waals surface area contributed by atoms with Gasteiger partial charge in [0.25, 0.3) is 0 Å². The molecule has 0 saturated heterocycles. The summed E-state index contributed by atoms with van der Waals surface area (Å²) < 4.78 is 0. The number of halogens is 1. The van der Waals surface area contributed by atoms with Crippen LogP contribution in [0.15, 0.2) is 36.5 Å². The van der Waals surface area contributed by atoms with Crippen LogP contribution in [-0.4, -0.2) is 21.9 Å². The Hall–Kier alpha value is -2.14. The molecule has 5 nitrogen and oxygen atoms in total. The van der Waals surface area contributed by atoms with Gasteiger partial charge in [-0.05, 0) is 29.3 Å². The number of carbonyl (C=O) groups excluding carboxylic acids is 1. The van der Waals surface area contributed by atoms with Crippen LogP contribution in [0.4, 0.5) is 11.5 Å². The highest BCUT2D eigenvalue weighted by Crippen LogP contribution is 2.25. The van der Waals surface area contributed by atoms with Crippen LogP contribution in [0.5, 0.6) is 0 Å². The van der Waals surface area contributed by atoms with E-state index < -0.39 is 0 Å². The quantitative estimate of drug-likeness (QED) is 0.823. The van der Waals surface area contributed by atoms with Crippen molar-refractivity contribution in [3.05, 3.63) is 47.4 Å². The molecule has 0 fully saturated rings. The fourth-order valence-corrected chi connectivity index (χ4v) is 2.22. The largest absolute Gasteiger partial charge is 0.373 e. The number of rotatable bonds is 2. The molecule has 0 aliphatic carbocycles. The van der Waals surface area contributed by atoms with Gasteiger partial charge in [0, 0.05) is 18.3 Å². The van der Waals surface area contributed by atoms with Crippen molar-refractivity contribution in [3.63, 3.8) is 0 Å². The Kier molecular flexibility index (Phi) is 3.05. The van der Waals surface area contributed by atoms with Crippen molar-refractivity contribution in [1.82, 2.24) is 9.97 Å². The normalized spacial score (nSPS) is 16.6. The predicted molar refractivity (Wildman–Crippen MR) is 73.2 cm³/mol. The molecule has 1 aliphatic heterocycles. The number of benzene rings is 1. The molecular formula is C13H11ClN4O. The van der Waals surface area contributed by atoms with Gasteiger partial charge in [-0.3, -0.25) is 4.79 Å². The van der Waals surface area contributed by atoms with Crippen molar-refractivity contribution < 1.29 is 4.79 Å². The van der Waals surface area contributed by atoms with Crippen LogP contribution < -0.4 is 10.6 Å². The summed E-state index contributed by atoms with van der Waals surface area (Å²) in [5.41, 5.74) is 2.15. The smallest absolute Gasteiger partial charge is 0.248 e. The van der Waals surface area contributed by atoms with Crippen molar-refractivity contribution in [2.24, 2.45) is 0 Å². The van der Waals surface area contributed by atoms with Crippen LogP contribution in [0.3, 0.4) is 0 Å². The molecule has 0 radical (unpaired) electrons. The molecule has 1 aromatic carbocycles. The van der Waals surface area contributed by atoms with Crippen LogP contribution >= 0.6 is 11.6 Å². The second kappa shape index (κ2) is 4.85. The molecule has 1 amide bonds. The van der Waals surface area contributed by atoms with Crippen LogP contribution in [-0.2, 0) is 11.2 Å². The van der Waals surface area contributed by atoms with Crippen molar-refractivity contribution in [3.8, 4) is 0 Å². The minimum atomic E-state index is -0.286. The molecule has 3 rings (SSSR count). The fraction of sp³-hybridized carbons (Fsp3) is 0.154. The SMILES string of the molecule is O=C(Nc1ccnc(Cl)n1)[C@@H]1Cc2ccccc2N1. The Balaban J connectivity index is 1.70. The topological polar surface area (TPSA) is 66.9 Å². The summed E-state index contributed by atoms with van der Waals surface area (Å²) in [4.78, 5) is 19.8. The third-order valence-corrected chi connectivity index (χ3v) is 3.15. The Morgan fingerprint density at radius 3 is 3.00 bits per heavy atom. The average molecular weight is 275 g/mol. The standard InChI is InChI=1S/C13H11ClN4O/c14-13-15-6-5-11(18-13)17-12(19)10-7-8-3-1-2-4-9(8)16-10/h1-6,10,16H,7H2,(H,15,17,18,19)/t10-/m0/s1. The van der Waals surface area contributed by atoms with Crippen molar-refractivity contribution >= 4 is 29.0 Å². The van der Waals surface area contributed by atoms with Gasteiger partial charge in [0.15, 0.2) is 0 Å². The lowest BCUT2D eigenvalue weighted by Crippen LogP contribution is -2.33. The monoisotopic (exact) mass is 274 g/mol. The number of hydrogen-bond donors (Lipinski definition) is 2. The number of nitrogens with zero attached hydrogens (tertiary/aromatic N) is 2. The predicted octanol–water partition coefficient (Wildman–Crippen LogP) is 2.11. The molecule has 1 atom stereocenters. The molecule has 96 valence electrons. The first-order valence-corrected chi connectivity index (χ1v) is 6.24. The van der Waals surface area contributed by atoms with E-state index in [1.54, 1.807) is 6.07 Å². The van der Waals surface area contributed by atoms with Crippen LogP contribution in [0.2, 0.25) is 5.28 Å². The number of anilines is 2. The van der Waals surface area contributed by atoms with Crippen molar-refractivity contribution in [2.45, 2.75) is 12.5 Å².